The van der Waals surface area contributed by atoms with Crippen LogP contribution in [0.1, 0.15) is 32.6 Å². The third-order valence-electron chi connectivity index (χ3n) is 6.23. The Kier molecular flexibility index (Phi) is 8.64. The summed E-state index contributed by atoms with van der Waals surface area (Å²) in [7, 11) is 0. The van der Waals surface area contributed by atoms with Crippen molar-refractivity contribution in [1.82, 2.24) is 24.9 Å². The quantitative estimate of drug-likeness (QED) is 0.634. The average molecular weight is 382 g/mol. The number of likely N-dealkylation sites (N-methyl/N-ethyl adjacent to an activating group) is 1. The molecule has 3 rings (SSSR count). The first-order chi connectivity index (χ1) is 13.2. The fraction of sp³-hybridized carbons (Fsp3) is 0.950. The SMILES string of the molecule is CCN1CCN(CCCCNC(=O)N2CCN(CC3CCCO3)CC2)CC1. The summed E-state index contributed by atoms with van der Waals surface area (Å²) in [6, 6.07) is 0.114. The molecule has 2 amide bonds. The first kappa shape index (κ1) is 20.8. The molecule has 1 atom stereocenters. The lowest BCUT2D eigenvalue weighted by molar-refractivity contribution is 0.0561. The number of nitrogens with one attached hydrogen (secondary N) is 1. The van der Waals surface area contributed by atoms with Crippen LogP contribution in [0.5, 0.6) is 0 Å². The lowest BCUT2D eigenvalue weighted by Crippen LogP contribution is -2.53. The highest BCUT2D eigenvalue weighted by atomic mass is 16.5. The minimum atomic E-state index is 0.114. The lowest BCUT2D eigenvalue weighted by atomic mass is 10.2. The zero-order chi connectivity index (χ0) is 18.9. The maximum absolute atomic E-state index is 12.3. The van der Waals surface area contributed by atoms with E-state index in [2.05, 4.69) is 26.9 Å². The van der Waals surface area contributed by atoms with Gasteiger partial charge in [0.2, 0.25) is 0 Å². The van der Waals surface area contributed by atoms with Gasteiger partial charge in [0.1, 0.15) is 0 Å². The Morgan fingerprint density at radius 3 is 2.33 bits per heavy atom. The Bertz CT molecular complexity index is 428. The van der Waals surface area contributed by atoms with Gasteiger partial charge in [-0.2, -0.15) is 0 Å². The fourth-order valence-corrected chi connectivity index (χ4v) is 4.31. The molecule has 0 bridgehead atoms. The topological polar surface area (TPSA) is 51.3 Å². The summed E-state index contributed by atoms with van der Waals surface area (Å²) in [6.45, 7) is 15.7. The molecule has 0 aromatic heterocycles. The zero-order valence-corrected chi connectivity index (χ0v) is 17.2. The van der Waals surface area contributed by atoms with Gasteiger partial charge in [-0.05, 0) is 38.8 Å². The number of unbranched alkanes of at least 4 members (excludes halogenated alkanes) is 1. The molecule has 0 aromatic rings. The first-order valence-corrected chi connectivity index (χ1v) is 11.1. The van der Waals surface area contributed by atoms with Gasteiger partial charge in [-0.3, -0.25) is 4.90 Å². The Labute approximate surface area is 165 Å². The van der Waals surface area contributed by atoms with Crippen molar-refractivity contribution >= 4 is 6.03 Å². The molecular formula is C20H39N5O2. The number of piperazine rings is 2. The largest absolute Gasteiger partial charge is 0.377 e. The van der Waals surface area contributed by atoms with Crippen LogP contribution in [0.25, 0.3) is 0 Å². The molecule has 3 fully saturated rings. The van der Waals surface area contributed by atoms with Crippen molar-refractivity contribution < 1.29 is 9.53 Å². The molecule has 3 aliphatic heterocycles. The minimum Gasteiger partial charge on any atom is -0.377 e. The highest BCUT2D eigenvalue weighted by Gasteiger charge is 2.24. The van der Waals surface area contributed by atoms with Crippen LogP contribution >= 0.6 is 0 Å². The number of hydrogen-bond donors (Lipinski definition) is 1. The van der Waals surface area contributed by atoms with Gasteiger partial charge in [0, 0.05) is 72.1 Å². The monoisotopic (exact) mass is 381 g/mol. The molecule has 156 valence electrons. The van der Waals surface area contributed by atoms with Gasteiger partial charge < -0.3 is 24.8 Å². The molecule has 0 aromatic carbocycles. The van der Waals surface area contributed by atoms with Crippen molar-refractivity contribution in [1.29, 1.82) is 0 Å². The highest BCUT2D eigenvalue weighted by Crippen LogP contribution is 2.14. The van der Waals surface area contributed by atoms with E-state index in [4.69, 9.17) is 4.74 Å². The Morgan fingerprint density at radius 1 is 0.963 bits per heavy atom. The summed E-state index contributed by atoms with van der Waals surface area (Å²) in [5.41, 5.74) is 0. The molecule has 0 spiro atoms. The summed E-state index contributed by atoms with van der Waals surface area (Å²) in [5, 5.41) is 3.11. The van der Waals surface area contributed by atoms with Crippen LogP contribution in [0, 0.1) is 0 Å². The van der Waals surface area contributed by atoms with E-state index in [0.717, 1.165) is 58.8 Å². The first-order valence-electron chi connectivity index (χ1n) is 11.1. The Hall–Kier alpha value is -0.890. The van der Waals surface area contributed by atoms with E-state index in [1.807, 2.05) is 4.90 Å². The number of hydrogen-bond acceptors (Lipinski definition) is 5. The summed E-state index contributed by atoms with van der Waals surface area (Å²) < 4.78 is 5.72. The van der Waals surface area contributed by atoms with E-state index in [1.165, 1.54) is 52.0 Å². The number of amides is 2. The average Bonchev–Trinajstić information content (AvgIpc) is 3.21. The summed E-state index contributed by atoms with van der Waals surface area (Å²) in [5.74, 6) is 0. The predicted molar refractivity (Wildman–Crippen MR) is 108 cm³/mol. The maximum Gasteiger partial charge on any atom is 0.317 e. The van der Waals surface area contributed by atoms with Crippen LogP contribution in [-0.4, -0.2) is 117 Å². The van der Waals surface area contributed by atoms with Gasteiger partial charge in [-0.1, -0.05) is 6.92 Å². The summed E-state index contributed by atoms with van der Waals surface area (Å²) in [4.78, 5) is 21.8. The van der Waals surface area contributed by atoms with Crippen LogP contribution in [0.3, 0.4) is 0 Å². The smallest absolute Gasteiger partial charge is 0.317 e. The van der Waals surface area contributed by atoms with Gasteiger partial charge >= 0.3 is 6.03 Å². The second-order valence-corrected chi connectivity index (χ2v) is 8.14. The molecular weight excluding hydrogens is 342 g/mol. The predicted octanol–water partition coefficient (Wildman–Crippen LogP) is 0.910. The number of carbonyl (C=O) groups excluding carboxylic acids is 1. The van der Waals surface area contributed by atoms with E-state index in [-0.39, 0.29) is 6.03 Å². The number of carbonyl (C=O) groups is 1. The minimum absolute atomic E-state index is 0.114. The maximum atomic E-state index is 12.3. The standard InChI is InChI=1S/C20H39N5O2/c1-2-22-9-11-23(12-10-22)8-4-3-7-21-20(26)25-15-13-24(14-16-25)18-19-6-5-17-27-19/h19H,2-18H2,1H3,(H,21,26). The van der Waals surface area contributed by atoms with E-state index in [0.29, 0.717) is 6.10 Å². The van der Waals surface area contributed by atoms with Crippen molar-refractivity contribution in [3.63, 3.8) is 0 Å². The summed E-state index contributed by atoms with van der Waals surface area (Å²) in [6.07, 6.45) is 5.03. The van der Waals surface area contributed by atoms with E-state index < -0.39 is 0 Å². The van der Waals surface area contributed by atoms with Crippen LogP contribution < -0.4 is 5.32 Å². The van der Waals surface area contributed by atoms with Crippen molar-refractivity contribution in [3.05, 3.63) is 0 Å². The number of rotatable bonds is 8. The Balaban J connectivity index is 1.20. The highest BCUT2D eigenvalue weighted by molar-refractivity contribution is 5.74. The van der Waals surface area contributed by atoms with Crippen LogP contribution in [-0.2, 0) is 4.74 Å². The molecule has 3 aliphatic rings. The van der Waals surface area contributed by atoms with Gasteiger partial charge in [0.15, 0.2) is 0 Å². The van der Waals surface area contributed by atoms with Crippen molar-refractivity contribution in [3.8, 4) is 0 Å². The van der Waals surface area contributed by atoms with E-state index in [1.54, 1.807) is 0 Å². The van der Waals surface area contributed by atoms with Crippen LogP contribution in [0.15, 0.2) is 0 Å². The van der Waals surface area contributed by atoms with E-state index in [9.17, 15) is 4.79 Å². The molecule has 1 unspecified atom stereocenters. The van der Waals surface area contributed by atoms with Crippen LogP contribution in [0.2, 0.25) is 0 Å². The molecule has 27 heavy (non-hydrogen) atoms. The molecule has 0 saturated carbocycles. The van der Waals surface area contributed by atoms with Crippen molar-refractivity contribution in [2.24, 2.45) is 0 Å². The molecule has 7 nitrogen and oxygen atoms in total. The molecule has 3 heterocycles. The second-order valence-electron chi connectivity index (χ2n) is 8.14. The molecule has 3 saturated heterocycles. The van der Waals surface area contributed by atoms with Gasteiger partial charge in [0.25, 0.3) is 0 Å². The molecule has 1 N–H and O–H groups in total. The van der Waals surface area contributed by atoms with Crippen molar-refractivity contribution in [2.75, 3.05) is 85.1 Å². The van der Waals surface area contributed by atoms with Crippen molar-refractivity contribution in [2.45, 2.75) is 38.7 Å². The molecule has 0 radical (unpaired) electrons. The van der Waals surface area contributed by atoms with Gasteiger partial charge in [-0.15, -0.1) is 0 Å². The second kappa shape index (κ2) is 11.2. The normalized spacial score (nSPS) is 25.8. The fourth-order valence-electron chi connectivity index (χ4n) is 4.31. The zero-order valence-electron chi connectivity index (χ0n) is 17.2. The number of ether oxygens (including phenoxy) is 1. The number of urea groups is 1. The third-order valence-corrected chi connectivity index (χ3v) is 6.23. The Morgan fingerprint density at radius 2 is 1.67 bits per heavy atom. The van der Waals surface area contributed by atoms with Gasteiger partial charge in [-0.25, -0.2) is 4.79 Å². The molecule has 7 heteroatoms. The number of nitrogens with zero attached hydrogens (tertiary/aromatic N) is 4. The van der Waals surface area contributed by atoms with Crippen LogP contribution in [0.4, 0.5) is 4.79 Å². The molecule has 0 aliphatic carbocycles. The lowest BCUT2D eigenvalue weighted by Gasteiger charge is -2.35. The summed E-state index contributed by atoms with van der Waals surface area (Å²) >= 11 is 0. The van der Waals surface area contributed by atoms with E-state index >= 15 is 0 Å². The third kappa shape index (κ3) is 6.89. The van der Waals surface area contributed by atoms with Gasteiger partial charge in [0.05, 0.1) is 6.10 Å².